The lowest BCUT2D eigenvalue weighted by atomic mass is 9.82. The summed E-state index contributed by atoms with van der Waals surface area (Å²) in [4.78, 5) is 2.42. The lowest BCUT2D eigenvalue weighted by Crippen LogP contribution is -2.16. The minimum atomic E-state index is -0.171. The Morgan fingerprint density at radius 2 is 1.00 bits per heavy atom. The number of furan rings is 2. The maximum absolute atomic E-state index is 7.16. The molecule has 0 aliphatic heterocycles. The van der Waals surface area contributed by atoms with Crippen molar-refractivity contribution in [1.82, 2.24) is 0 Å². The van der Waals surface area contributed by atoms with Crippen LogP contribution in [0.3, 0.4) is 0 Å². The molecule has 0 fully saturated rings. The first-order valence-electron chi connectivity index (χ1n) is 20.0. The topological polar surface area (TPSA) is 29.5 Å². The number of para-hydroxylation sites is 2. The van der Waals surface area contributed by atoms with Crippen LogP contribution in [0.4, 0.5) is 17.1 Å². The summed E-state index contributed by atoms with van der Waals surface area (Å²) in [7, 11) is 0. The highest BCUT2D eigenvalue weighted by atomic mass is 16.3. The third kappa shape index (κ3) is 4.68. The van der Waals surface area contributed by atoms with Crippen LogP contribution in [-0.4, -0.2) is 0 Å². The summed E-state index contributed by atoms with van der Waals surface area (Å²) >= 11 is 0. The zero-order valence-corrected chi connectivity index (χ0v) is 32.2. The first kappa shape index (κ1) is 32.8. The van der Waals surface area contributed by atoms with Crippen molar-refractivity contribution in [3.63, 3.8) is 0 Å². The fraction of sp³-hybridized carbons (Fsp3) is 0.0545. The van der Waals surface area contributed by atoms with E-state index in [2.05, 4.69) is 201 Å². The molecule has 0 N–H and O–H groups in total. The van der Waals surface area contributed by atoms with Gasteiger partial charge in [0.2, 0.25) is 0 Å². The SMILES string of the molecule is CC1(C)c2ccccc2-c2ccc(N(c3cc4c5ccc(-c6ccccc6)c(-c6ccccc6)c5oc4c4ccccc34)c3cccc4c3oc3ccccc34)cc21. The summed E-state index contributed by atoms with van der Waals surface area (Å²) in [6.45, 7) is 4.69. The summed E-state index contributed by atoms with van der Waals surface area (Å²) in [6, 6.07) is 67.5. The van der Waals surface area contributed by atoms with Crippen LogP contribution in [0.2, 0.25) is 0 Å². The molecule has 2 heterocycles. The van der Waals surface area contributed by atoms with E-state index < -0.39 is 0 Å². The van der Waals surface area contributed by atoms with Crippen LogP contribution in [-0.2, 0) is 5.41 Å². The van der Waals surface area contributed by atoms with Gasteiger partial charge in [-0.3, -0.25) is 0 Å². The highest BCUT2D eigenvalue weighted by molar-refractivity contribution is 6.23. The van der Waals surface area contributed by atoms with Crippen molar-refractivity contribution < 1.29 is 8.83 Å². The number of anilines is 3. The van der Waals surface area contributed by atoms with E-state index in [1.807, 2.05) is 6.07 Å². The van der Waals surface area contributed by atoms with Crippen molar-refractivity contribution in [2.75, 3.05) is 4.90 Å². The monoisotopic (exact) mass is 743 g/mol. The highest BCUT2D eigenvalue weighted by Gasteiger charge is 2.36. The van der Waals surface area contributed by atoms with Gasteiger partial charge in [-0.1, -0.05) is 166 Å². The van der Waals surface area contributed by atoms with E-state index in [1.54, 1.807) is 0 Å². The Morgan fingerprint density at radius 3 is 1.83 bits per heavy atom. The fourth-order valence-corrected chi connectivity index (χ4v) is 9.72. The van der Waals surface area contributed by atoms with Crippen LogP contribution < -0.4 is 4.90 Å². The van der Waals surface area contributed by atoms with Gasteiger partial charge in [-0.15, -0.1) is 0 Å². The Morgan fingerprint density at radius 1 is 0.379 bits per heavy atom. The van der Waals surface area contributed by atoms with E-state index in [0.29, 0.717) is 0 Å². The van der Waals surface area contributed by atoms with Gasteiger partial charge in [0, 0.05) is 49.0 Å². The molecule has 1 aliphatic carbocycles. The molecule has 1 aliphatic rings. The van der Waals surface area contributed by atoms with Crippen LogP contribution in [0.1, 0.15) is 25.0 Å². The minimum absolute atomic E-state index is 0.171. The van der Waals surface area contributed by atoms with E-state index in [-0.39, 0.29) is 5.41 Å². The second kappa shape index (κ2) is 12.3. The van der Waals surface area contributed by atoms with Gasteiger partial charge in [-0.05, 0) is 75.3 Å². The fourth-order valence-electron chi connectivity index (χ4n) is 9.72. The summed E-state index contributed by atoms with van der Waals surface area (Å²) < 4.78 is 14.0. The van der Waals surface area contributed by atoms with Gasteiger partial charge in [0.05, 0.1) is 11.4 Å². The summed E-state index contributed by atoms with van der Waals surface area (Å²) in [5.74, 6) is 0. The second-order valence-electron chi connectivity index (χ2n) is 16.0. The predicted molar refractivity (Wildman–Crippen MR) is 242 cm³/mol. The van der Waals surface area contributed by atoms with Crippen molar-refractivity contribution in [1.29, 1.82) is 0 Å². The number of nitrogens with zero attached hydrogens (tertiary/aromatic N) is 1. The molecule has 0 atom stereocenters. The van der Waals surface area contributed by atoms with E-state index >= 15 is 0 Å². The lowest BCUT2D eigenvalue weighted by molar-refractivity contribution is 0.660. The van der Waals surface area contributed by atoms with Gasteiger partial charge < -0.3 is 13.7 Å². The third-order valence-corrected chi connectivity index (χ3v) is 12.5. The molecule has 0 amide bonds. The molecule has 0 spiro atoms. The predicted octanol–water partition coefficient (Wildman–Crippen LogP) is 15.7. The third-order valence-electron chi connectivity index (χ3n) is 12.5. The van der Waals surface area contributed by atoms with E-state index in [0.717, 1.165) is 94.0 Å². The van der Waals surface area contributed by atoms with Gasteiger partial charge in [0.25, 0.3) is 0 Å². The average Bonchev–Trinajstić information content (AvgIpc) is 3.92. The number of benzene rings is 9. The molecule has 0 radical (unpaired) electrons. The van der Waals surface area contributed by atoms with E-state index in [9.17, 15) is 0 Å². The van der Waals surface area contributed by atoms with E-state index in [1.165, 1.54) is 22.3 Å². The van der Waals surface area contributed by atoms with Crippen molar-refractivity contribution in [2.45, 2.75) is 19.3 Å². The standard InChI is InChI=1S/C55H37NO2/c1-55(2)46-25-13-11-20-38(46)39-29-28-36(32-47(39)55)56(48-26-15-24-43-41-22-12-14-27-50(41)57-53(43)48)49-33-45-44-31-30-37(34-16-5-3-6-17-34)51(35-18-7-4-8-19-35)54(44)58-52(45)42-23-10-9-21-40(42)49/h3-33H,1-2H3. The highest BCUT2D eigenvalue weighted by Crippen LogP contribution is 2.53. The Bertz CT molecular complexity index is 3430. The van der Waals surface area contributed by atoms with Gasteiger partial charge >= 0.3 is 0 Å². The van der Waals surface area contributed by atoms with E-state index in [4.69, 9.17) is 8.83 Å². The Kier molecular flexibility index (Phi) is 6.98. The molecule has 3 heteroatoms. The van der Waals surface area contributed by atoms with Crippen LogP contribution in [0.15, 0.2) is 197 Å². The van der Waals surface area contributed by atoms with Crippen LogP contribution in [0, 0.1) is 0 Å². The molecule has 3 nitrogen and oxygen atoms in total. The lowest BCUT2D eigenvalue weighted by Gasteiger charge is -2.29. The van der Waals surface area contributed by atoms with Gasteiger partial charge in [0.1, 0.15) is 16.7 Å². The molecule has 9 aromatic carbocycles. The Labute approximate surface area is 336 Å². The van der Waals surface area contributed by atoms with Crippen molar-refractivity contribution in [3.05, 3.63) is 199 Å². The maximum Gasteiger partial charge on any atom is 0.159 e. The normalized spacial score (nSPS) is 13.1. The first-order chi connectivity index (χ1) is 28.5. The molecule has 0 saturated carbocycles. The van der Waals surface area contributed by atoms with Crippen LogP contribution in [0.25, 0.3) is 88.0 Å². The Hall–Kier alpha value is -7.36. The Balaban J connectivity index is 1.18. The quantitative estimate of drug-likeness (QED) is 0.176. The molecule has 0 saturated heterocycles. The molecular weight excluding hydrogens is 707 g/mol. The van der Waals surface area contributed by atoms with Gasteiger partial charge in [0.15, 0.2) is 5.58 Å². The summed E-state index contributed by atoms with van der Waals surface area (Å²) in [5.41, 5.74) is 16.2. The zero-order chi connectivity index (χ0) is 38.5. The average molecular weight is 744 g/mol. The number of rotatable bonds is 5. The molecule has 0 unspecified atom stereocenters. The maximum atomic E-state index is 7.16. The van der Waals surface area contributed by atoms with Crippen molar-refractivity contribution in [3.8, 4) is 33.4 Å². The molecule has 12 rings (SSSR count). The smallest absolute Gasteiger partial charge is 0.159 e. The number of fused-ring (bicyclic) bond motifs is 11. The molecule has 274 valence electrons. The zero-order valence-electron chi connectivity index (χ0n) is 32.2. The molecule has 0 bridgehead atoms. The number of hydrogen-bond donors (Lipinski definition) is 0. The van der Waals surface area contributed by atoms with Crippen molar-refractivity contribution >= 4 is 71.7 Å². The molecular formula is C55H37NO2. The van der Waals surface area contributed by atoms with Crippen molar-refractivity contribution in [2.24, 2.45) is 0 Å². The first-order valence-corrected chi connectivity index (χ1v) is 20.0. The van der Waals surface area contributed by atoms with Gasteiger partial charge in [-0.2, -0.15) is 0 Å². The molecule has 2 aromatic heterocycles. The second-order valence-corrected chi connectivity index (χ2v) is 16.0. The number of hydrogen-bond acceptors (Lipinski definition) is 3. The summed E-state index contributed by atoms with van der Waals surface area (Å²) in [5, 5.41) is 6.49. The van der Waals surface area contributed by atoms with Crippen LogP contribution >= 0.6 is 0 Å². The largest absolute Gasteiger partial charge is 0.455 e. The molecule has 58 heavy (non-hydrogen) atoms. The minimum Gasteiger partial charge on any atom is -0.455 e. The van der Waals surface area contributed by atoms with Crippen LogP contribution in [0.5, 0.6) is 0 Å². The van der Waals surface area contributed by atoms with Gasteiger partial charge in [-0.25, -0.2) is 0 Å². The summed E-state index contributed by atoms with van der Waals surface area (Å²) in [6.07, 6.45) is 0. The molecule has 11 aromatic rings.